The second-order valence-corrected chi connectivity index (χ2v) is 19.4. The van der Waals surface area contributed by atoms with Crippen molar-refractivity contribution in [3.8, 4) is 11.4 Å². The fourth-order valence-electron chi connectivity index (χ4n) is 9.91. The van der Waals surface area contributed by atoms with E-state index in [0.717, 1.165) is 35.4 Å². The molecule has 1 aliphatic heterocycles. The van der Waals surface area contributed by atoms with E-state index in [9.17, 15) is 28.8 Å². The molecule has 3 aromatic heterocycles. The van der Waals surface area contributed by atoms with Crippen molar-refractivity contribution >= 4 is 45.8 Å². The van der Waals surface area contributed by atoms with E-state index in [1.165, 1.54) is 10.5 Å². The fraction of sp³-hybridized carbons (Fsp3) is 0.185. The number of benzene rings is 7. The molecule has 0 fully saturated rings. The maximum Gasteiger partial charge on any atom is 0.261 e. The van der Waals surface area contributed by atoms with Crippen molar-refractivity contribution in [2.24, 2.45) is 0 Å². The summed E-state index contributed by atoms with van der Waals surface area (Å²) in [6.45, 7) is 1.97. The Morgan fingerprint density at radius 1 is 0.562 bits per heavy atom. The lowest BCUT2D eigenvalue weighted by Gasteiger charge is -2.20. The molecule has 3 amide bonds. The molecule has 15 heteroatoms. The number of ether oxygens (including phenoxy) is 1. The van der Waals surface area contributed by atoms with Gasteiger partial charge in [0.25, 0.3) is 28.8 Å². The van der Waals surface area contributed by atoms with Crippen LogP contribution >= 0.6 is 0 Å². The number of aryl methyl sites for hydroxylation is 3. The van der Waals surface area contributed by atoms with Crippen LogP contribution in [0.15, 0.2) is 204 Å². The van der Waals surface area contributed by atoms with Gasteiger partial charge in [0, 0.05) is 64.0 Å². The van der Waals surface area contributed by atoms with E-state index in [0.29, 0.717) is 107 Å². The molecule has 0 N–H and O–H groups in total. The third-order valence-corrected chi connectivity index (χ3v) is 14.2. The van der Waals surface area contributed by atoms with E-state index in [4.69, 9.17) is 14.7 Å². The van der Waals surface area contributed by atoms with Gasteiger partial charge in [0.15, 0.2) is 6.29 Å². The molecule has 0 saturated carbocycles. The van der Waals surface area contributed by atoms with Gasteiger partial charge in [-0.05, 0) is 115 Å². The van der Waals surface area contributed by atoms with Crippen molar-refractivity contribution in [1.29, 1.82) is 0 Å². The fourth-order valence-corrected chi connectivity index (χ4v) is 9.91. The van der Waals surface area contributed by atoms with Crippen LogP contribution in [0.1, 0.15) is 76.2 Å². The van der Waals surface area contributed by atoms with E-state index in [2.05, 4.69) is 17.2 Å². The van der Waals surface area contributed by atoms with Crippen LogP contribution in [-0.2, 0) is 45.2 Å². The second-order valence-electron chi connectivity index (χ2n) is 19.4. The molecule has 80 heavy (non-hydrogen) atoms. The van der Waals surface area contributed by atoms with Crippen molar-refractivity contribution in [2.45, 2.75) is 51.6 Å². The SMILES string of the molecule is CN(CCc1nc2ccccc2c(=O)n1CCc1ccc(-n2cccn2)cc1)C(=O)c1ccccc1C=O.O=C1c2ccccc2C(=O)N1CCc1nc2ccccc2c(=O)n1CCc1cccc(OCCCc2ccccc2)c1. The maximum atomic E-state index is 13.6. The van der Waals surface area contributed by atoms with Gasteiger partial charge in [-0.15, -0.1) is 0 Å². The first-order valence-corrected chi connectivity index (χ1v) is 26.7. The molecule has 4 heterocycles. The minimum atomic E-state index is -0.314. The first-order chi connectivity index (χ1) is 39.1. The number of rotatable bonds is 20. The monoisotopic (exact) mass is 1060 g/mol. The largest absolute Gasteiger partial charge is 0.494 e. The molecule has 7 aromatic carbocycles. The van der Waals surface area contributed by atoms with E-state index in [-0.39, 0.29) is 41.8 Å². The predicted molar refractivity (Wildman–Crippen MR) is 308 cm³/mol. The molecule has 15 nitrogen and oxygen atoms in total. The number of hydrogen-bond donors (Lipinski definition) is 0. The van der Waals surface area contributed by atoms with E-state index in [1.54, 1.807) is 92.6 Å². The number of aldehydes is 1. The standard InChI is InChI=1S/C35H31N3O4.C30H27N5O3/c39-33-28-15-4-5-16-29(28)34(40)38(33)22-20-32-36-31-18-7-6-17-30(31)35(41)37(32)21-19-26-12-8-14-27(24-26)42-23-9-13-25-10-2-1-3-11-25;1-33(29(37)25-8-3-2-7-23(25)21-36)19-16-28-32-27-10-5-4-9-26(27)30(38)34(28)20-15-22-11-13-24(14-12-22)35-18-6-17-31-35/h1-8,10-12,14-18,24H,9,13,19-23H2;2-14,17-18,21H,15-16,19-20H2,1H3. The van der Waals surface area contributed by atoms with Crippen LogP contribution in [0.4, 0.5) is 0 Å². The smallest absolute Gasteiger partial charge is 0.261 e. The van der Waals surface area contributed by atoms with Crippen LogP contribution in [0, 0.1) is 0 Å². The van der Waals surface area contributed by atoms with Crippen LogP contribution in [-0.4, -0.2) is 89.4 Å². The highest BCUT2D eigenvalue weighted by Crippen LogP contribution is 2.24. The summed E-state index contributed by atoms with van der Waals surface area (Å²) in [4.78, 5) is 89.6. The highest BCUT2D eigenvalue weighted by atomic mass is 16.5. The minimum absolute atomic E-state index is 0.0981. The molecule has 400 valence electrons. The molecule has 1 aliphatic rings. The number of hydrogen-bond acceptors (Lipinski definition) is 10. The number of carbonyl (C=O) groups excluding carboxylic acids is 4. The molecule has 11 rings (SSSR count). The normalized spacial score (nSPS) is 11.8. The van der Waals surface area contributed by atoms with Crippen molar-refractivity contribution in [1.82, 2.24) is 38.7 Å². The molecular weight excluding hydrogens is 1000 g/mol. The Morgan fingerprint density at radius 3 is 1.79 bits per heavy atom. The summed E-state index contributed by atoms with van der Waals surface area (Å²) in [7, 11) is 1.69. The Labute approximate surface area is 462 Å². The van der Waals surface area contributed by atoms with Crippen LogP contribution in [0.5, 0.6) is 5.75 Å². The summed E-state index contributed by atoms with van der Waals surface area (Å²) in [6, 6.07) is 56.4. The minimum Gasteiger partial charge on any atom is -0.494 e. The van der Waals surface area contributed by atoms with Crippen LogP contribution in [0.3, 0.4) is 0 Å². The number of para-hydroxylation sites is 2. The predicted octanol–water partition coefficient (Wildman–Crippen LogP) is 9.44. The summed E-state index contributed by atoms with van der Waals surface area (Å²) >= 11 is 0. The van der Waals surface area contributed by atoms with Crippen LogP contribution < -0.4 is 15.9 Å². The highest BCUT2D eigenvalue weighted by Gasteiger charge is 2.35. The van der Waals surface area contributed by atoms with Crippen LogP contribution in [0.25, 0.3) is 27.5 Å². The quantitative estimate of drug-likeness (QED) is 0.0407. The molecule has 0 unspecified atom stereocenters. The zero-order valence-electron chi connectivity index (χ0n) is 44.3. The molecule has 10 aromatic rings. The summed E-state index contributed by atoms with van der Waals surface area (Å²) in [5.41, 5.74) is 6.92. The zero-order chi connectivity index (χ0) is 55.4. The van der Waals surface area contributed by atoms with Gasteiger partial charge in [-0.25, -0.2) is 14.6 Å². The first-order valence-electron chi connectivity index (χ1n) is 26.7. The average Bonchev–Trinajstić information content (AvgIpc) is 4.14. The van der Waals surface area contributed by atoms with Gasteiger partial charge >= 0.3 is 0 Å². The summed E-state index contributed by atoms with van der Waals surface area (Å²) in [6.07, 6.45) is 8.10. The lowest BCUT2D eigenvalue weighted by atomic mass is 10.1. The number of nitrogens with zero attached hydrogens (tertiary/aromatic N) is 8. The molecule has 0 radical (unpaired) electrons. The lowest BCUT2D eigenvalue weighted by molar-refractivity contribution is 0.0654. The third kappa shape index (κ3) is 12.3. The highest BCUT2D eigenvalue weighted by molar-refractivity contribution is 6.21. The number of amides is 3. The topological polar surface area (TPSA) is 172 Å². The Balaban J connectivity index is 0.000000181. The van der Waals surface area contributed by atoms with Gasteiger partial charge in [0.05, 0.1) is 50.8 Å². The van der Waals surface area contributed by atoms with Gasteiger partial charge in [-0.3, -0.25) is 42.8 Å². The summed E-state index contributed by atoms with van der Waals surface area (Å²) in [5, 5.41) is 5.36. The molecule has 0 atom stereocenters. The van der Waals surface area contributed by atoms with Gasteiger partial charge in [0.2, 0.25) is 0 Å². The first kappa shape index (κ1) is 53.5. The number of imide groups is 1. The Morgan fingerprint density at radius 2 is 1.14 bits per heavy atom. The second kappa shape index (κ2) is 25.1. The molecule has 0 aliphatic carbocycles. The van der Waals surface area contributed by atoms with Gasteiger partial charge in [0.1, 0.15) is 17.4 Å². The van der Waals surface area contributed by atoms with Gasteiger partial charge in [-0.1, -0.05) is 109 Å². The molecule has 0 bridgehead atoms. The Bertz CT molecular complexity index is 3930. The summed E-state index contributed by atoms with van der Waals surface area (Å²) < 4.78 is 11.2. The Kier molecular flexibility index (Phi) is 16.8. The zero-order valence-corrected chi connectivity index (χ0v) is 44.3. The van der Waals surface area contributed by atoms with Crippen molar-refractivity contribution in [3.05, 3.63) is 266 Å². The van der Waals surface area contributed by atoms with E-state index in [1.807, 2.05) is 115 Å². The molecule has 0 spiro atoms. The number of likely N-dealkylation sites (N-methyl/N-ethyl adjacent to an activating group) is 1. The number of aromatic nitrogens is 6. The lowest BCUT2D eigenvalue weighted by Crippen LogP contribution is -2.34. The van der Waals surface area contributed by atoms with Gasteiger partial charge in [-0.2, -0.15) is 5.10 Å². The van der Waals surface area contributed by atoms with E-state index < -0.39 is 0 Å². The molecular formula is C65H58N8O7. The van der Waals surface area contributed by atoms with Crippen LogP contribution in [0.2, 0.25) is 0 Å². The number of fused-ring (bicyclic) bond motifs is 3. The number of carbonyl (C=O) groups is 4. The van der Waals surface area contributed by atoms with Crippen molar-refractivity contribution in [3.63, 3.8) is 0 Å². The third-order valence-electron chi connectivity index (χ3n) is 14.2. The molecule has 0 saturated heterocycles. The van der Waals surface area contributed by atoms with Crippen molar-refractivity contribution in [2.75, 3.05) is 26.7 Å². The summed E-state index contributed by atoms with van der Waals surface area (Å²) in [5.74, 6) is 1.08. The maximum absolute atomic E-state index is 13.6. The average molecular weight is 1060 g/mol. The van der Waals surface area contributed by atoms with Crippen molar-refractivity contribution < 1.29 is 23.9 Å². The van der Waals surface area contributed by atoms with E-state index >= 15 is 0 Å². The Hall–Kier alpha value is -9.89. The van der Waals surface area contributed by atoms with Gasteiger partial charge < -0.3 is 9.64 Å².